The highest BCUT2D eigenvalue weighted by atomic mass is 16.2. The smallest absolute Gasteiger partial charge is 0.274 e. The molecule has 5 heteroatoms. The first-order valence-corrected chi connectivity index (χ1v) is 9.28. The summed E-state index contributed by atoms with van der Waals surface area (Å²) in [7, 11) is 0. The zero-order valence-corrected chi connectivity index (χ0v) is 15.4. The fraction of sp³-hybridized carbons (Fsp3) is 0.227. The first-order valence-electron chi connectivity index (χ1n) is 9.28. The lowest BCUT2D eigenvalue weighted by Gasteiger charge is -2.21. The Morgan fingerprint density at radius 1 is 1.00 bits per heavy atom. The fourth-order valence-electron chi connectivity index (χ4n) is 3.45. The topological polar surface area (TPSA) is 49.3 Å². The fourth-order valence-corrected chi connectivity index (χ4v) is 3.45. The maximum absolute atomic E-state index is 12.8. The predicted molar refractivity (Wildman–Crippen MR) is 106 cm³/mol. The summed E-state index contributed by atoms with van der Waals surface area (Å²) in [4.78, 5) is 16.8. The molecule has 1 aromatic heterocycles. The van der Waals surface area contributed by atoms with Gasteiger partial charge < -0.3 is 9.80 Å². The maximum Gasteiger partial charge on any atom is 0.274 e. The van der Waals surface area contributed by atoms with Gasteiger partial charge in [0.05, 0.1) is 0 Å². The van der Waals surface area contributed by atoms with E-state index in [0.717, 1.165) is 24.3 Å². The molecule has 0 bridgehead atoms. The van der Waals surface area contributed by atoms with Gasteiger partial charge in [0.25, 0.3) is 5.91 Å². The summed E-state index contributed by atoms with van der Waals surface area (Å²) in [6, 6.07) is 22.0. The van der Waals surface area contributed by atoms with Gasteiger partial charge in [-0.3, -0.25) is 4.79 Å². The molecule has 2 heterocycles. The van der Waals surface area contributed by atoms with Gasteiger partial charge >= 0.3 is 0 Å². The van der Waals surface area contributed by atoms with Gasteiger partial charge in [-0.15, -0.1) is 10.2 Å². The predicted octanol–water partition coefficient (Wildman–Crippen LogP) is 3.83. The summed E-state index contributed by atoms with van der Waals surface area (Å²) in [5.41, 5.74) is 3.97. The van der Waals surface area contributed by atoms with Crippen LogP contribution in [0.25, 0.3) is 0 Å². The van der Waals surface area contributed by atoms with Crippen molar-refractivity contribution < 1.29 is 4.79 Å². The van der Waals surface area contributed by atoms with E-state index in [1.807, 2.05) is 49.4 Å². The molecule has 0 saturated carbocycles. The number of amides is 1. The minimum atomic E-state index is -0.0952. The number of anilines is 2. The monoisotopic (exact) mass is 358 g/mol. The largest absolute Gasteiger partial charge is 0.333 e. The van der Waals surface area contributed by atoms with Crippen molar-refractivity contribution in [3.63, 3.8) is 0 Å². The van der Waals surface area contributed by atoms with E-state index in [1.165, 1.54) is 11.3 Å². The van der Waals surface area contributed by atoms with Crippen molar-refractivity contribution in [2.75, 3.05) is 18.0 Å². The van der Waals surface area contributed by atoms with E-state index in [-0.39, 0.29) is 5.91 Å². The van der Waals surface area contributed by atoms with Crippen molar-refractivity contribution in [2.24, 2.45) is 0 Å². The lowest BCUT2D eigenvalue weighted by Crippen LogP contribution is -2.31. The molecule has 5 nitrogen and oxygen atoms in total. The van der Waals surface area contributed by atoms with Crippen LogP contribution in [0, 0.1) is 0 Å². The first kappa shape index (κ1) is 17.2. The third-order valence-electron chi connectivity index (χ3n) is 4.92. The number of aromatic nitrogens is 2. The zero-order valence-electron chi connectivity index (χ0n) is 15.4. The molecule has 0 N–H and O–H groups in total. The Balaban J connectivity index is 1.51. The highest BCUT2D eigenvalue weighted by molar-refractivity contribution is 5.92. The van der Waals surface area contributed by atoms with Crippen LogP contribution in [0.2, 0.25) is 0 Å². The second kappa shape index (κ2) is 7.58. The molecular weight excluding hydrogens is 336 g/mol. The van der Waals surface area contributed by atoms with Crippen LogP contribution in [0.4, 0.5) is 11.5 Å². The number of rotatable bonds is 5. The van der Waals surface area contributed by atoms with Crippen LogP contribution in [0.1, 0.15) is 28.5 Å². The average molecular weight is 358 g/mol. The summed E-state index contributed by atoms with van der Waals surface area (Å²) in [5.74, 6) is 0.685. The average Bonchev–Trinajstić information content (AvgIpc) is 3.16. The molecule has 0 radical (unpaired) electrons. The standard InChI is InChI=1S/C22H22N4O/c1-2-25(16-17-8-4-3-5-9-17)22(27)19-12-13-21(24-23-19)26-15-14-18-10-6-7-11-20(18)26/h3-13H,2,14-16H2,1H3. The Morgan fingerprint density at radius 3 is 2.52 bits per heavy atom. The number of benzene rings is 2. The van der Waals surface area contributed by atoms with E-state index >= 15 is 0 Å². The van der Waals surface area contributed by atoms with Crippen LogP contribution < -0.4 is 4.90 Å². The molecule has 27 heavy (non-hydrogen) atoms. The van der Waals surface area contributed by atoms with Gasteiger partial charge in [-0.2, -0.15) is 0 Å². The molecule has 0 spiro atoms. The third-order valence-corrected chi connectivity index (χ3v) is 4.92. The highest BCUT2D eigenvalue weighted by Gasteiger charge is 2.22. The minimum absolute atomic E-state index is 0.0952. The number of hydrogen-bond donors (Lipinski definition) is 0. The second-order valence-corrected chi connectivity index (χ2v) is 6.61. The second-order valence-electron chi connectivity index (χ2n) is 6.61. The molecule has 4 rings (SSSR count). The first-order chi connectivity index (χ1) is 13.3. The van der Waals surface area contributed by atoms with Crippen LogP contribution >= 0.6 is 0 Å². The number of nitrogens with zero attached hydrogens (tertiary/aromatic N) is 4. The Bertz CT molecular complexity index is 925. The Labute approximate surface area is 159 Å². The van der Waals surface area contributed by atoms with Crippen LogP contribution in [0.3, 0.4) is 0 Å². The number of hydrogen-bond acceptors (Lipinski definition) is 4. The summed E-state index contributed by atoms with van der Waals surface area (Å²) in [5, 5.41) is 8.56. The van der Waals surface area contributed by atoms with Crippen molar-refractivity contribution in [3.05, 3.63) is 83.6 Å². The minimum Gasteiger partial charge on any atom is -0.333 e. The Morgan fingerprint density at radius 2 is 1.78 bits per heavy atom. The molecule has 1 aliphatic heterocycles. The van der Waals surface area contributed by atoms with Gasteiger partial charge in [-0.1, -0.05) is 48.5 Å². The van der Waals surface area contributed by atoms with Gasteiger partial charge in [0.2, 0.25) is 0 Å². The highest BCUT2D eigenvalue weighted by Crippen LogP contribution is 2.32. The van der Waals surface area contributed by atoms with E-state index in [9.17, 15) is 4.79 Å². The van der Waals surface area contributed by atoms with Crippen molar-refractivity contribution in [1.82, 2.24) is 15.1 Å². The SMILES string of the molecule is CCN(Cc1ccccc1)C(=O)c1ccc(N2CCc3ccccc32)nn1. The van der Waals surface area contributed by atoms with Crippen LogP contribution in [-0.2, 0) is 13.0 Å². The molecule has 1 aliphatic rings. The van der Waals surface area contributed by atoms with Gasteiger partial charge in [-0.05, 0) is 42.7 Å². The molecule has 2 aromatic carbocycles. The van der Waals surface area contributed by atoms with Crippen LogP contribution in [-0.4, -0.2) is 34.1 Å². The number of carbonyl (C=O) groups excluding carboxylic acids is 1. The van der Waals surface area contributed by atoms with Gasteiger partial charge in [-0.25, -0.2) is 0 Å². The molecule has 0 atom stereocenters. The lowest BCUT2D eigenvalue weighted by molar-refractivity contribution is 0.0745. The summed E-state index contributed by atoms with van der Waals surface area (Å²) >= 11 is 0. The maximum atomic E-state index is 12.8. The van der Waals surface area contributed by atoms with Gasteiger partial charge in [0.1, 0.15) is 0 Å². The molecule has 0 unspecified atom stereocenters. The van der Waals surface area contributed by atoms with E-state index in [2.05, 4.69) is 33.3 Å². The molecular formula is C22H22N4O. The van der Waals surface area contributed by atoms with E-state index in [0.29, 0.717) is 18.8 Å². The number of para-hydroxylation sites is 1. The Kier molecular flexibility index (Phi) is 4.83. The molecule has 0 aliphatic carbocycles. The number of fused-ring (bicyclic) bond motifs is 1. The quantitative estimate of drug-likeness (QED) is 0.695. The Hall–Kier alpha value is -3.21. The summed E-state index contributed by atoms with van der Waals surface area (Å²) in [6.45, 7) is 4.05. The molecule has 1 amide bonds. The van der Waals surface area contributed by atoms with E-state index < -0.39 is 0 Å². The normalized spacial score (nSPS) is 12.7. The summed E-state index contributed by atoms with van der Waals surface area (Å²) < 4.78 is 0. The van der Waals surface area contributed by atoms with E-state index in [4.69, 9.17) is 0 Å². The van der Waals surface area contributed by atoms with Gasteiger partial charge in [0, 0.05) is 25.3 Å². The number of carbonyl (C=O) groups is 1. The van der Waals surface area contributed by atoms with Crippen molar-refractivity contribution in [2.45, 2.75) is 19.9 Å². The molecule has 0 fully saturated rings. The van der Waals surface area contributed by atoms with Crippen LogP contribution in [0.15, 0.2) is 66.7 Å². The van der Waals surface area contributed by atoms with Crippen molar-refractivity contribution >= 4 is 17.4 Å². The molecule has 3 aromatic rings. The lowest BCUT2D eigenvalue weighted by atomic mass is 10.2. The third kappa shape index (κ3) is 3.53. The summed E-state index contributed by atoms with van der Waals surface area (Å²) in [6.07, 6.45) is 0.999. The van der Waals surface area contributed by atoms with Gasteiger partial charge in [0.15, 0.2) is 11.5 Å². The zero-order chi connectivity index (χ0) is 18.6. The molecule has 0 saturated heterocycles. The van der Waals surface area contributed by atoms with Crippen LogP contribution in [0.5, 0.6) is 0 Å². The van der Waals surface area contributed by atoms with Crippen molar-refractivity contribution in [1.29, 1.82) is 0 Å². The molecule has 136 valence electrons. The van der Waals surface area contributed by atoms with Crippen molar-refractivity contribution in [3.8, 4) is 0 Å². The van der Waals surface area contributed by atoms with E-state index in [1.54, 1.807) is 11.0 Å².